The third-order valence-electron chi connectivity index (χ3n) is 2.79. The molecule has 1 aromatic heterocycles. The summed E-state index contributed by atoms with van der Waals surface area (Å²) in [6.07, 6.45) is 1.39. The number of carboxylic acids is 1. The van der Waals surface area contributed by atoms with E-state index in [-0.39, 0.29) is 6.04 Å². The molecule has 1 aromatic rings. The van der Waals surface area contributed by atoms with Crippen molar-refractivity contribution in [3.63, 3.8) is 0 Å². The number of carboxylic acid groups (broad SMARTS) is 1. The molecule has 0 bridgehead atoms. The molecule has 2 unspecified atom stereocenters. The van der Waals surface area contributed by atoms with Crippen LogP contribution in [0, 0.1) is 13.8 Å². The quantitative estimate of drug-likeness (QED) is 0.766. The lowest BCUT2D eigenvalue weighted by atomic mass is 10.2. The van der Waals surface area contributed by atoms with Crippen molar-refractivity contribution in [3.8, 4) is 0 Å². The van der Waals surface area contributed by atoms with Gasteiger partial charge in [0.2, 0.25) is 5.89 Å². The Morgan fingerprint density at radius 1 is 1.53 bits per heavy atom. The molecule has 5 heteroatoms. The number of carbonyl (C=O) groups is 1. The zero-order valence-electron chi connectivity index (χ0n) is 8.78. The molecule has 0 amide bonds. The van der Waals surface area contributed by atoms with E-state index in [4.69, 9.17) is 9.52 Å². The number of aromatic nitrogens is 1. The van der Waals surface area contributed by atoms with Crippen LogP contribution in [0.4, 0.5) is 0 Å². The van der Waals surface area contributed by atoms with Crippen molar-refractivity contribution >= 4 is 5.97 Å². The lowest BCUT2D eigenvalue weighted by molar-refractivity contribution is -0.139. The summed E-state index contributed by atoms with van der Waals surface area (Å²) in [6.45, 7) is 3.74. The first-order chi connectivity index (χ1) is 7.08. The predicted molar refractivity (Wildman–Crippen MR) is 52.5 cm³/mol. The molecule has 82 valence electrons. The first-order valence-electron chi connectivity index (χ1n) is 5.00. The average molecular weight is 210 g/mol. The van der Waals surface area contributed by atoms with Crippen LogP contribution in [0.1, 0.15) is 36.2 Å². The van der Waals surface area contributed by atoms with Gasteiger partial charge in [0.1, 0.15) is 11.8 Å². The third kappa shape index (κ3) is 1.87. The second-order valence-electron chi connectivity index (χ2n) is 3.88. The Kier molecular flexibility index (Phi) is 2.48. The molecule has 2 heterocycles. The largest absolute Gasteiger partial charge is 0.480 e. The lowest BCUT2D eigenvalue weighted by Crippen LogP contribution is -2.31. The summed E-state index contributed by atoms with van der Waals surface area (Å²) in [4.78, 5) is 15.0. The molecule has 15 heavy (non-hydrogen) atoms. The predicted octanol–water partition coefficient (Wildman–Crippen LogP) is 1.17. The summed E-state index contributed by atoms with van der Waals surface area (Å²) in [6, 6.07) is -0.527. The summed E-state index contributed by atoms with van der Waals surface area (Å²) in [5.41, 5.74) is 0.866. The number of aryl methyl sites for hydroxylation is 2. The van der Waals surface area contributed by atoms with Crippen molar-refractivity contribution in [2.24, 2.45) is 0 Å². The Balaban J connectivity index is 2.11. The van der Waals surface area contributed by atoms with Gasteiger partial charge in [-0.3, -0.25) is 10.1 Å². The molecule has 2 N–H and O–H groups in total. The van der Waals surface area contributed by atoms with Gasteiger partial charge in [0.05, 0.1) is 11.7 Å². The van der Waals surface area contributed by atoms with Crippen molar-refractivity contribution < 1.29 is 14.3 Å². The SMILES string of the molecule is Cc1nc(C2CCC(C(=O)O)N2)oc1C. The van der Waals surface area contributed by atoms with Crippen LogP contribution in [0.15, 0.2) is 4.42 Å². The van der Waals surface area contributed by atoms with E-state index < -0.39 is 12.0 Å². The Bertz CT molecular complexity index is 367. The van der Waals surface area contributed by atoms with E-state index in [2.05, 4.69) is 10.3 Å². The van der Waals surface area contributed by atoms with Gasteiger partial charge in [-0.25, -0.2) is 4.98 Å². The molecule has 5 nitrogen and oxygen atoms in total. The molecule has 0 aromatic carbocycles. The minimum absolute atomic E-state index is 0.0569. The molecule has 1 saturated heterocycles. The van der Waals surface area contributed by atoms with Crippen molar-refractivity contribution in [1.82, 2.24) is 10.3 Å². The van der Waals surface area contributed by atoms with Gasteiger partial charge in [0.25, 0.3) is 0 Å². The number of hydrogen-bond acceptors (Lipinski definition) is 4. The zero-order chi connectivity index (χ0) is 11.0. The maximum Gasteiger partial charge on any atom is 0.320 e. The summed E-state index contributed by atoms with van der Waals surface area (Å²) in [5.74, 6) is 0.594. The second-order valence-corrected chi connectivity index (χ2v) is 3.88. The smallest absolute Gasteiger partial charge is 0.320 e. The maximum absolute atomic E-state index is 10.7. The second kappa shape index (κ2) is 3.66. The van der Waals surface area contributed by atoms with E-state index in [1.165, 1.54) is 0 Å². The number of aliphatic carboxylic acids is 1. The maximum atomic E-state index is 10.7. The highest BCUT2D eigenvalue weighted by Gasteiger charge is 2.32. The summed E-state index contributed by atoms with van der Waals surface area (Å²) in [7, 11) is 0. The van der Waals surface area contributed by atoms with E-state index in [1.54, 1.807) is 0 Å². The number of nitrogens with one attached hydrogen (secondary N) is 1. The summed E-state index contributed by atoms with van der Waals surface area (Å²) in [5, 5.41) is 11.8. The molecule has 0 aliphatic carbocycles. The van der Waals surface area contributed by atoms with Gasteiger partial charge >= 0.3 is 5.97 Å². The average Bonchev–Trinajstić information content (AvgIpc) is 2.74. The van der Waals surface area contributed by atoms with E-state index in [0.717, 1.165) is 17.9 Å². The molecule has 0 spiro atoms. The van der Waals surface area contributed by atoms with Crippen molar-refractivity contribution in [2.75, 3.05) is 0 Å². The fraction of sp³-hybridized carbons (Fsp3) is 0.600. The normalized spacial score (nSPS) is 25.7. The Labute approximate surface area is 87.5 Å². The summed E-state index contributed by atoms with van der Waals surface area (Å²) < 4.78 is 5.46. The number of nitrogens with zero attached hydrogens (tertiary/aromatic N) is 1. The molecule has 1 aliphatic heterocycles. The minimum Gasteiger partial charge on any atom is -0.480 e. The van der Waals surface area contributed by atoms with Crippen LogP contribution in [0.5, 0.6) is 0 Å². The van der Waals surface area contributed by atoms with Gasteiger partial charge in [-0.15, -0.1) is 0 Å². The summed E-state index contributed by atoms with van der Waals surface area (Å²) >= 11 is 0. The highest BCUT2D eigenvalue weighted by atomic mass is 16.4. The van der Waals surface area contributed by atoms with Gasteiger partial charge in [-0.2, -0.15) is 0 Å². The van der Waals surface area contributed by atoms with Gasteiger partial charge in [-0.05, 0) is 26.7 Å². The molecule has 0 saturated carbocycles. The molecule has 2 rings (SSSR count). The van der Waals surface area contributed by atoms with Gasteiger partial charge in [-0.1, -0.05) is 0 Å². The molecule has 2 atom stereocenters. The highest BCUT2D eigenvalue weighted by molar-refractivity contribution is 5.73. The molecule has 0 radical (unpaired) electrons. The third-order valence-corrected chi connectivity index (χ3v) is 2.79. The van der Waals surface area contributed by atoms with Crippen molar-refractivity contribution in [3.05, 3.63) is 17.3 Å². The number of rotatable bonds is 2. The molecular weight excluding hydrogens is 196 g/mol. The fourth-order valence-electron chi connectivity index (χ4n) is 1.78. The Morgan fingerprint density at radius 2 is 2.27 bits per heavy atom. The van der Waals surface area contributed by atoms with Gasteiger partial charge in [0, 0.05) is 0 Å². The van der Waals surface area contributed by atoms with Crippen LogP contribution < -0.4 is 5.32 Å². The van der Waals surface area contributed by atoms with Crippen LogP contribution in [0.25, 0.3) is 0 Å². The van der Waals surface area contributed by atoms with Crippen LogP contribution >= 0.6 is 0 Å². The molecular formula is C10H14N2O3. The molecule has 1 aliphatic rings. The van der Waals surface area contributed by atoms with Crippen LogP contribution in [-0.4, -0.2) is 22.1 Å². The van der Waals surface area contributed by atoms with Crippen LogP contribution in [0.2, 0.25) is 0 Å². The highest BCUT2D eigenvalue weighted by Crippen LogP contribution is 2.27. The zero-order valence-corrected chi connectivity index (χ0v) is 8.78. The van der Waals surface area contributed by atoms with Crippen LogP contribution in [0.3, 0.4) is 0 Å². The monoisotopic (exact) mass is 210 g/mol. The van der Waals surface area contributed by atoms with Gasteiger partial charge in [0.15, 0.2) is 0 Å². The Hall–Kier alpha value is -1.36. The van der Waals surface area contributed by atoms with E-state index in [1.807, 2.05) is 13.8 Å². The fourth-order valence-corrected chi connectivity index (χ4v) is 1.78. The standard InChI is InChI=1S/C10H14N2O3/c1-5-6(2)15-9(11-5)7-3-4-8(12-7)10(13)14/h7-8,12H,3-4H2,1-2H3,(H,13,14). The van der Waals surface area contributed by atoms with E-state index >= 15 is 0 Å². The first-order valence-corrected chi connectivity index (χ1v) is 5.00. The number of oxazole rings is 1. The first kappa shape index (κ1) is 10.2. The topological polar surface area (TPSA) is 75.4 Å². The van der Waals surface area contributed by atoms with Crippen LogP contribution in [-0.2, 0) is 4.79 Å². The molecule has 1 fully saturated rings. The van der Waals surface area contributed by atoms with Gasteiger partial charge < -0.3 is 9.52 Å². The number of hydrogen-bond donors (Lipinski definition) is 2. The van der Waals surface area contributed by atoms with E-state index in [9.17, 15) is 4.79 Å². The lowest BCUT2D eigenvalue weighted by Gasteiger charge is -2.07. The minimum atomic E-state index is -0.808. The van der Waals surface area contributed by atoms with Crippen molar-refractivity contribution in [1.29, 1.82) is 0 Å². The van der Waals surface area contributed by atoms with Crippen molar-refractivity contribution in [2.45, 2.75) is 38.8 Å². The van der Waals surface area contributed by atoms with E-state index in [0.29, 0.717) is 12.3 Å². The Morgan fingerprint density at radius 3 is 2.73 bits per heavy atom.